The van der Waals surface area contributed by atoms with Crippen molar-refractivity contribution in [2.24, 2.45) is 0 Å². The zero-order valence-corrected chi connectivity index (χ0v) is 16.3. The Kier molecular flexibility index (Phi) is 6.04. The molecule has 5 nitrogen and oxygen atoms in total. The van der Waals surface area contributed by atoms with Crippen molar-refractivity contribution in [1.29, 1.82) is 0 Å². The maximum absolute atomic E-state index is 5.65. The molecule has 3 aromatic rings. The number of nitrogens with one attached hydrogen (secondary N) is 1. The lowest BCUT2D eigenvalue weighted by molar-refractivity contribution is 0.190. The number of oxazole rings is 1. The monoisotopic (exact) mass is 377 g/mol. The van der Waals surface area contributed by atoms with Gasteiger partial charge in [-0.1, -0.05) is 30.3 Å². The van der Waals surface area contributed by atoms with Crippen LogP contribution in [0.1, 0.15) is 24.1 Å². The van der Waals surface area contributed by atoms with Gasteiger partial charge in [-0.25, -0.2) is 4.98 Å². The third-order valence-corrected chi connectivity index (χ3v) is 5.30. The van der Waals surface area contributed by atoms with Gasteiger partial charge in [0.05, 0.1) is 12.8 Å². The van der Waals surface area contributed by atoms with Crippen molar-refractivity contribution >= 4 is 0 Å². The molecule has 28 heavy (non-hydrogen) atoms. The molecule has 146 valence electrons. The van der Waals surface area contributed by atoms with E-state index in [9.17, 15) is 0 Å². The summed E-state index contributed by atoms with van der Waals surface area (Å²) in [6.07, 6.45) is 4.07. The predicted octanol–water partition coefficient (Wildman–Crippen LogP) is 4.10. The number of likely N-dealkylation sites (tertiary alicyclic amines) is 1. The summed E-state index contributed by atoms with van der Waals surface area (Å²) in [6.45, 7) is 4.04. The van der Waals surface area contributed by atoms with E-state index in [1.54, 1.807) is 13.4 Å². The molecule has 0 spiro atoms. The molecule has 1 fully saturated rings. The summed E-state index contributed by atoms with van der Waals surface area (Å²) in [5.74, 6) is 1.48. The Morgan fingerprint density at radius 1 is 1.07 bits per heavy atom. The summed E-state index contributed by atoms with van der Waals surface area (Å²) in [6, 6.07) is 19.0. The van der Waals surface area contributed by atoms with E-state index in [0.29, 0.717) is 11.9 Å². The average molecular weight is 377 g/mol. The number of benzene rings is 2. The number of methoxy groups -OCH3 is 1. The van der Waals surface area contributed by atoms with Crippen LogP contribution in [0, 0.1) is 0 Å². The van der Waals surface area contributed by atoms with Gasteiger partial charge in [-0.15, -0.1) is 0 Å². The first-order valence-corrected chi connectivity index (χ1v) is 9.88. The number of ether oxygens (including phenoxy) is 1. The van der Waals surface area contributed by atoms with Gasteiger partial charge in [0.25, 0.3) is 0 Å². The Labute approximate surface area is 166 Å². The van der Waals surface area contributed by atoms with Crippen LogP contribution in [-0.4, -0.2) is 36.1 Å². The van der Waals surface area contributed by atoms with Crippen LogP contribution in [0.3, 0.4) is 0 Å². The number of rotatable bonds is 7. The fourth-order valence-corrected chi connectivity index (χ4v) is 3.64. The van der Waals surface area contributed by atoms with E-state index >= 15 is 0 Å². The molecule has 1 saturated heterocycles. The van der Waals surface area contributed by atoms with E-state index in [2.05, 4.69) is 45.5 Å². The summed E-state index contributed by atoms with van der Waals surface area (Å²) in [5.41, 5.74) is 3.29. The number of hydrogen-bond donors (Lipinski definition) is 1. The van der Waals surface area contributed by atoms with Crippen molar-refractivity contribution in [3.8, 4) is 17.2 Å². The van der Waals surface area contributed by atoms with E-state index in [1.165, 1.54) is 5.56 Å². The minimum absolute atomic E-state index is 0.535. The van der Waals surface area contributed by atoms with E-state index in [0.717, 1.165) is 56.0 Å². The Balaban J connectivity index is 1.24. The summed E-state index contributed by atoms with van der Waals surface area (Å²) in [4.78, 5) is 7.14. The van der Waals surface area contributed by atoms with Gasteiger partial charge in [0.2, 0.25) is 5.89 Å². The van der Waals surface area contributed by atoms with Gasteiger partial charge in [-0.05, 0) is 55.8 Å². The van der Waals surface area contributed by atoms with Crippen LogP contribution < -0.4 is 10.1 Å². The minimum atomic E-state index is 0.535. The fraction of sp³-hybridized carbons (Fsp3) is 0.348. The number of nitrogens with zero attached hydrogens (tertiary/aromatic N) is 2. The minimum Gasteiger partial charge on any atom is -0.497 e. The summed E-state index contributed by atoms with van der Waals surface area (Å²) < 4.78 is 10.8. The van der Waals surface area contributed by atoms with Crippen LogP contribution in [0.5, 0.6) is 5.75 Å². The summed E-state index contributed by atoms with van der Waals surface area (Å²) >= 11 is 0. The lowest BCUT2D eigenvalue weighted by atomic mass is 10.0. The normalized spacial score (nSPS) is 15.6. The molecule has 0 radical (unpaired) electrons. The molecule has 2 aromatic carbocycles. The highest BCUT2D eigenvalue weighted by molar-refractivity contribution is 5.54. The Morgan fingerprint density at radius 3 is 2.54 bits per heavy atom. The second kappa shape index (κ2) is 9.04. The van der Waals surface area contributed by atoms with Crippen LogP contribution in [0.25, 0.3) is 11.5 Å². The molecular formula is C23H27N3O2. The molecule has 1 aliphatic rings. The van der Waals surface area contributed by atoms with Crippen LogP contribution in [0.2, 0.25) is 0 Å². The topological polar surface area (TPSA) is 50.5 Å². The summed E-state index contributed by atoms with van der Waals surface area (Å²) in [7, 11) is 1.66. The van der Waals surface area contributed by atoms with E-state index in [-0.39, 0.29) is 0 Å². The standard InChI is InChI=1S/C23H27N3O2/c1-27-22-9-7-19(8-10-22)23-25-21(17-28-23)15-24-20-11-13-26(14-12-20)16-18-5-3-2-4-6-18/h2-10,17,20,24H,11-16H2,1H3. The SMILES string of the molecule is COc1ccc(-c2nc(CNC3CCN(Cc4ccccc4)CC3)co2)cc1. The molecule has 0 unspecified atom stereocenters. The van der Waals surface area contributed by atoms with Gasteiger partial charge < -0.3 is 14.5 Å². The predicted molar refractivity (Wildman–Crippen MR) is 110 cm³/mol. The van der Waals surface area contributed by atoms with Crippen LogP contribution >= 0.6 is 0 Å². The third kappa shape index (κ3) is 4.80. The fourth-order valence-electron chi connectivity index (χ4n) is 3.64. The molecule has 1 aromatic heterocycles. The first-order valence-electron chi connectivity index (χ1n) is 9.88. The van der Waals surface area contributed by atoms with Crippen LogP contribution in [-0.2, 0) is 13.1 Å². The molecule has 0 aliphatic carbocycles. The molecule has 1 aliphatic heterocycles. The molecule has 5 heteroatoms. The van der Waals surface area contributed by atoms with E-state index in [4.69, 9.17) is 9.15 Å². The van der Waals surface area contributed by atoms with Gasteiger partial charge in [0, 0.05) is 24.7 Å². The third-order valence-electron chi connectivity index (χ3n) is 5.30. The summed E-state index contributed by atoms with van der Waals surface area (Å²) in [5, 5.41) is 3.64. The maximum Gasteiger partial charge on any atom is 0.226 e. The number of aromatic nitrogens is 1. The molecule has 2 heterocycles. The first kappa shape index (κ1) is 18.7. The molecule has 0 atom stereocenters. The Bertz CT molecular complexity index is 853. The van der Waals surface area contributed by atoms with Crippen LogP contribution in [0.4, 0.5) is 0 Å². The second-order valence-electron chi connectivity index (χ2n) is 7.29. The average Bonchev–Trinajstić information content (AvgIpc) is 3.23. The highest BCUT2D eigenvalue weighted by atomic mass is 16.5. The molecule has 1 N–H and O–H groups in total. The highest BCUT2D eigenvalue weighted by Gasteiger charge is 2.19. The van der Waals surface area contributed by atoms with Gasteiger partial charge >= 0.3 is 0 Å². The van der Waals surface area contributed by atoms with Crippen LogP contribution in [0.15, 0.2) is 65.3 Å². The largest absolute Gasteiger partial charge is 0.497 e. The van der Waals surface area contributed by atoms with Gasteiger partial charge in [0.1, 0.15) is 12.0 Å². The van der Waals surface area contributed by atoms with E-state index < -0.39 is 0 Å². The van der Waals surface area contributed by atoms with Crippen molar-refractivity contribution in [3.63, 3.8) is 0 Å². The molecular weight excluding hydrogens is 350 g/mol. The van der Waals surface area contributed by atoms with E-state index in [1.807, 2.05) is 24.3 Å². The quantitative estimate of drug-likeness (QED) is 0.672. The van der Waals surface area contributed by atoms with Crippen molar-refractivity contribution < 1.29 is 9.15 Å². The molecule has 0 bridgehead atoms. The van der Waals surface area contributed by atoms with Gasteiger partial charge in [0.15, 0.2) is 0 Å². The molecule has 0 amide bonds. The molecule has 4 rings (SSSR count). The Hall–Kier alpha value is -2.63. The van der Waals surface area contributed by atoms with Crippen molar-refractivity contribution in [1.82, 2.24) is 15.2 Å². The van der Waals surface area contributed by atoms with Crippen molar-refractivity contribution in [3.05, 3.63) is 72.1 Å². The van der Waals surface area contributed by atoms with Crippen molar-refractivity contribution in [2.45, 2.75) is 32.0 Å². The highest BCUT2D eigenvalue weighted by Crippen LogP contribution is 2.22. The number of hydrogen-bond acceptors (Lipinski definition) is 5. The number of piperidine rings is 1. The zero-order valence-electron chi connectivity index (χ0n) is 16.3. The lowest BCUT2D eigenvalue weighted by Crippen LogP contribution is -2.41. The maximum atomic E-state index is 5.65. The van der Waals surface area contributed by atoms with Crippen molar-refractivity contribution in [2.75, 3.05) is 20.2 Å². The van der Waals surface area contributed by atoms with Gasteiger partial charge in [-0.2, -0.15) is 0 Å². The zero-order chi connectivity index (χ0) is 19.2. The first-order chi connectivity index (χ1) is 13.8. The van der Waals surface area contributed by atoms with Gasteiger partial charge in [-0.3, -0.25) is 4.90 Å². The lowest BCUT2D eigenvalue weighted by Gasteiger charge is -2.32. The second-order valence-corrected chi connectivity index (χ2v) is 7.29. The molecule has 0 saturated carbocycles. The Morgan fingerprint density at radius 2 is 1.82 bits per heavy atom. The smallest absolute Gasteiger partial charge is 0.226 e.